The Labute approximate surface area is 139 Å². The number of aryl methyl sites for hydroxylation is 1. The van der Waals surface area contributed by atoms with Crippen molar-refractivity contribution in [1.82, 2.24) is 0 Å². The Kier molecular flexibility index (Phi) is 3.30. The summed E-state index contributed by atoms with van der Waals surface area (Å²) >= 11 is 0. The number of phenolic OH excluding ortho intramolecular Hbond substituents is 1. The molecule has 1 aliphatic carbocycles. The molecule has 5 heteroatoms. The zero-order chi connectivity index (χ0) is 16.8. The quantitative estimate of drug-likeness (QED) is 0.371. The van der Waals surface area contributed by atoms with Crippen molar-refractivity contribution in [3.05, 3.63) is 75.4 Å². The average Bonchev–Trinajstić information content (AvgIpc) is 3.05. The van der Waals surface area contributed by atoms with E-state index in [0.717, 1.165) is 12.0 Å². The van der Waals surface area contributed by atoms with Crippen LogP contribution < -0.4 is 5.32 Å². The van der Waals surface area contributed by atoms with Gasteiger partial charge in [-0.05, 0) is 30.4 Å². The van der Waals surface area contributed by atoms with Crippen LogP contribution in [0.15, 0.2) is 48.6 Å². The summed E-state index contributed by atoms with van der Waals surface area (Å²) in [7, 11) is 0. The van der Waals surface area contributed by atoms with E-state index in [1.54, 1.807) is 6.07 Å². The zero-order valence-corrected chi connectivity index (χ0v) is 13.3. The smallest absolute Gasteiger partial charge is 0.273 e. The van der Waals surface area contributed by atoms with Crippen LogP contribution in [0.25, 0.3) is 0 Å². The highest BCUT2D eigenvalue weighted by Crippen LogP contribution is 2.52. The van der Waals surface area contributed by atoms with E-state index in [2.05, 4.69) is 48.7 Å². The number of nitrogens with zero attached hydrogens (tertiary/aromatic N) is 1. The Hall–Kier alpha value is -2.82. The predicted octanol–water partition coefficient (Wildman–Crippen LogP) is 4.44. The first kappa shape index (κ1) is 14.8. The Balaban J connectivity index is 1.82. The van der Waals surface area contributed by atoms with E-state index in [1.165, 1.54) is 17.2 Å². The molecule has 0 saturated heterocycles. The second kappa shape index (κ2) is 5.37. The maximum atomic E-state index is 11.1. The number of phenols is 1. The van der Waals surface area contributed by atoms with Gasteiger partial charge in [0.05, 0.1) is 22.7 Å². The fourth-order valence-corrected chi connectivity index (χ4v) is 3.88. The average molecular weight is 322 g/mol. The molecule has 0 bridgehead atoms. The maximum absolute atomic E-state index is 11.1. The molecule has 1 heterocycles. The lowest BCUT2D eigenvalue weighted by Gasteiger charge is -2.37. The number of allylic oxidation sites excluding steroid dienone is 2. The largest absolute Gasteiger partial charge is 0.506 e. The van der Waals surface area contributed by atoms with Crippen molar-refractivity contribution in [2.75, 3.05) is 5.32 Å². The number of aromatic hydroxyl groups is 1. The molecule has 2 aliphatic rings. The lowest BCUT2D eigenvalue weighted by molar-refractivity contribution is -0.385. The van der Waals surface area contributed by atoms with Gasteiger partial charge in [0.25, 0.3) is 5.69 Å². The molecule has 24 heavy (non-hydrogen) atoms. The summed E-state index contributed by atoms with van der Waals surface area (Å²) < 4.78 is 0. The van der Waals surface area contributed by atoms with Gasteiger partial charge in [0.15, 0.2) is 0 Å². The Morgan fingerprint density at radius 1 is 1.25 bits per heavy atom. The molecule has 0 spiro atoms. The number of hydrogen-bond donors (Lipinski definition) is 2. The van der Waals surface area contributed by atoms with Crippen molar-refractivity contribution in [2.24, 2.45) is 5.92 Å². The second-order valence-corrected chi connectivity index (χ2v) is 6.57. The molecule has 0 fully saturated rings. The number of non-ortho nitro benzene ring substituents is 1. The van der Waals surface area contributed by atoms with Gasteiger partial charge in [0.2, 0.25) is 0 Å². The van der Waals surface area contributed by atoms with Crippen molar-refractivity contribution in [1.29, 1.82) is 0 Å². The first-order valence-corrected chi connectivity index (χ1v) is 8.05. The van der Waals surface area contributed by atoms with Gasteiger partial charge >= 0.3 is 0 Å². The number of nitrogens with one attached hydrogen (secondary N) is 1. The molecule has 2 aromatic rings. The second-order valence-electron chi connectivity index (χ2n) is 6.57. The van der Waals surface area contributed by atoms with Crippen LogP contribution in [0, 0.1) is 23.0 Å². The van der Waals surface area contributed by atoms with Gasteiger partial charge in [-0.15, -0.1) is 0 Å². The molecule has 0 aromatic heterocycles. The van der Waals surface area contributed by atoms with Crippen LogP contribution in [0.2, 0.25) is 0 Å². The van der Waals surface area contributed by atoms with Crippen LogP contribution in [0.1, 0.15) is 35.1 Å². The number of benzene rings is 2. The van der Waals surface area contributed by atoms with E-state index < -0.39 is 4.92 Å². The number of nitro benzene ring substituents is 1. The van der Waals surface area contributed by atoms with E-state index in [4.69, 9.17) is 0 Å². The molecule has 5 nitrogen and oxygen atoms in total. The van der Waals surface area contributed by atoms with Gasteiger partial charge in [0.1, 0.15) is 5.75 Å². The molecular weight excluding hydrogens is 304 g/mol. The molecule has 122 valence electrons. The van der Waals surface area contributed by atoms with Crippen molar-refractivity contribution < 1.29 is 10.0 Å². The molecular formula is C19H18N2O3. The van der Waals surface area contributed by atoms with E-state index in [0.29, 0.717) is 11.6 Å². The van der Waals surface area contributed by atoms with Crippen molar-refractivity contribution >= 4 is 11.4 Å². The van der Waals surface area contributed by atoms with Crippen molar-refractivity contribution in [2.45, 2.75) is 25.3 Å². The first-order valence-electron chi connectivity index (χ1n) is 8.05. The van der Waals surface area contributed by atoms with Crippen LogP contribution in [-0.2, 0) is 0 Å². The maximum Gasteiger partial charge on any atom is 0.273 e. The number of hydrogen-bond acceptors (Lipinski definition) is 4. The van der Waals surface area contributed by atoms with Gasteiger partial charge in [-0.3, -0.25) is 10.1 Å². The highest BCUT2D eigenvalue weighted by atomic mass is 16.6. The first-order chi connectivity index (χ1) is 11.5. The summed E-state index contributed by atoms with van der Waals surface area (Å²) in [4.78, 5) is 10.6. The number of nitro groups is 1. The highest BCUT2D eigenvalue weighted by Gasteiger charge is 2.39. The lowest BCUT2D eigenvalue weighted by Crippen LogP contribution is -2.29. The van der Waals surface area contributed by atoms with Gasteiger partial charge in [0, 0.05) is 12.0 Å². The number of fused-ring (bicyclic) bond motifs is 3. The molecule has 3 unspecified atom stereocenters. The fourth-order valence-electron chi connectivity index (χ4n) is 3.88. The lowest BCUT2D eigenvalue weighted by atomic mass is 9.76. The highest BCUT2D eigenvalue weighted by molar-refractivity contribution is 5.70. The monoisotopic (exact) mass is 322 g/mol. The molecule has 1 aliphatic heterocycles. The van der Waals surface area contributed by atoms with Gasteiger partial charge in [-0.25, -0.2) is 0 Å². The van der Waals surface area contributed by atoms with E-state index in [1.807, 2.05) is 0 Å². The summed E-state index contributed by atoms with van der Waals surface area (Å²) in [6, 6.07) is 11.3. The molecule has 3 atom stereocenters. The van der Waals surface area contributed by atoms with Crippen molar-refractivity contribution in [3.63, 3.8) is 0 Å². The third-order valence-corrected chi connectivity index (χ3v) is 5.08. The molecule has 0 amide bonds. The molecule has 0 saturated carbocycles. The third kappa shape index (κ3) is 2.24. The van der Waals surface area contributed by atoms with Gasteiger partial charge in [-0.2, -0.15) is 0 Å². The predicted molar refractivity (Wildman–Crippen MR) is 92.3 cm³/mol. The third-order valence-electron chi connectivity index (χ3n) is 5.08. The standard InChI is InChI=1S/C19H18N2O3/c1-11-5-7-12(8-6-11)18-15-4-2-3-14(15)16-9-13(21(23)24)10-17(22)19(16)20-18/h2-3,5-10,14-15,18,20,22H,4H2,1H3. The van der Waals surface area contributed by atoms with E-state index >= 15 is 0 Å². The number of anilines is 1. The number of rotatable bonds is 2. The Morgan fingerprint density at radius 3 is 2.71 bits per heavy atom. The van der Waals surface area contributed by atoms with Crippen LogP contribution in [0.5, 0.6) is 5.75 Å². The SMILES string of the molecule is Cc1ccc(C2Nc3c(O)cc([N+](=O)[O-])cc3C3C=CCC32)cc1. The zero-order valence-electron chi connectivity index (χ0n) is 13.3. The minimum atomic E-state index is -0.459. The fraction of sp³-hybridized carbons (Fsp3) is 0.263. The van der Waals surface area contributed by atoms with Crippen LogP contribution in [-0.4, -0.2) is 10.0 Å². The summed E-state index contributed by atoms with van der Waals surface area (Å²) in [5.41, 5.74) is 3.72. The van der Waals surface area contributed by atoms with E-state index in [9.17, 15) is 15.2 Å². The molecule has 2 aromatic carbocycles. The summed E-state index contributed by atoms with van der Waals surface area (Å²) in [6.45, 7) is 2.05. The molecule has 0 radical (unpaired) electrons. The van der Waals surface area contributed by atoms with Crippen LogP contribution in [0.4, 0.5) is 11.4 Å². The normalized spacial score (nSPS) is 24.1. The summed E-state index contributed by atoms with van der Waals surface area (Å²) in [5, 5.41) is 24.9. The Morgan fingerprint density at radius 2 is 2.00 bits per heavy atom. The van der Waals surface area contributed by atoms with Gasteiger partial charge in [-0.1, -0.05) is 42.0 Å². The van der Waals surface area contributed by atoms with Crippen molar-refractivity contribution in [3.8, 4) is 5.75 Å². The summed E-state index contributed by atoms with van der Waals surface area (Å²) in [6.07, 6.45) is 5.15. The van der Waals surface area contributed by atoms with Gasteiger partial charge < -0.3 is 10.4 Å². The minimum Gasteiger partial charge on any atom is -0.506 e. The van der Waals surface area contributed by atoms with E-state index in [-0.39, 0.29) is 23.4 Å². The molecule has 4 rings (SSSR count). The molecule has 2 N–H and O–H groups in total. The van der Waals surface area contributed by atoms with Crippen LogP contribution >= 0.6 is 0 Å². The topological polar surface area (TPSA) is 75.4 Å². The Bertz CT molecular complexity index is 842. The minimum absolute atomic E-state index is 0.0601. The summed E-state index contributed by atoms with van der Waals surface area (Å²) in [5.74, 6) is 0.315. The van der Waals surface area contributed by atoms with Crippen LogP contribution in [0.3, 0.4) is 0 Å².